The second kappa shape index (κ2) is 5.46. The van der Waals surface area contributed by atoms with Crippen LogP contribution in [0, 0.1) is 0 Å². The van der Waals surface area contributed by atoms with E-state index in [2.05, 4.69) is 10.3 Å². The molecule has 0 amide bonds. The highest BCUT2D eigenvalue weighted by Crippen LogP contribution is 2.27. The van der Waals surface area contributed by atoms with Gasteiger partial charge in [-0.3, -0.25) is 0 Å². The van der Waals surface area contributed by atoms with Crippen LogP contribution in [-0.2, 0) is 9.47 Å². The lowest BCUT2D eigenvalue weighted by atomic mass is 9.89. The molecule has 1 aromatic rings. The quantitative estimate of drug-likeness (QED) is 0.815. The zero-order chi connectivity index (χ0) is 12.3. The third-order valence-corrected chi connectivity index (χ3v) is 3.52. The van der Waals surface area contributed by atoms with Crippen molar-refractivity contribution in [1.29, 1.82) is 0 Å². The fourth-order valence-corrected chi connectivity index (χ4v) is 2.45. The van der Waals surface area contributed by atoms with Gasteiger partial charge in [-0.05, 0) is 19.8 Å². The largest absolute Gasteiger partial charge is 0.461 e. The lowest BCUT2D eigenvalue weighted by Crippen LogP contribution is -2.40. The molecule has 0 aliphatic heterocycles. The number of carbonyl (C=O) groups excluding carboxylic acids is 1. The summed E-state index contributed by atoms with van der Waals surface area (Å²) in [7, 11) is 1.73. The number of hydrogen-bond donors (Lipinski definition) is 1. The zero-order valence-corrected chi connectivity index (χ0v) is 10.8. The van der Waals surface area contributed by atoms with Crippen LogP contribution in [0.15, 0.2) is 5.38 Å². The van der Waals surface area contributed by atoms with Gasteiger partial charge in [-0.15, -0.1) is 11.3 Å². The van der Waals surface area contributed by atoms with Crippen molar-refractivity contribution in [2.75, 3.05) is 19.0 Å². The number of carbonyl (C=O) groups is 1. The standard InChI is InChI=1S/C11H16N2O3S/c1-3-16-10(14)9-6-17-11(13-9)12-7-4-8(5-7)15-2/h6-8H,3-5H2,1-2H3,(H,12,13). The maximum absolute atomic E-state index is 11.4. The fraction of sp³-hybridized carbons (Fsp3) is 0.636. The van der Waals surface area contributed by atoms with E-state index < -0.39 is 0 Å². The minimum Gasteiger partial charge on any atom is -0.461 e. The summed E-state index contributed by atoms with van der Waals surface area (Å²) in [5, 5.41) is 5.77. The lowest BCUT2D eigenvalue weighted by molar-refractivity contribution is 0.0328. The average molecular weight is 256 g/mol. The molecule has 1 N–H and O–H groups in total. The highest BCUT2D eigenvalue weighted by Gasteiger charge is 2.29. The first kappa shape index (κ1) is 12.3. The third-order valence-electron chi connectivity index (χ3n) is 2.74. The molecule has 6 heteroatoms. The van der Waals surface area contributed by atoms with Crippen LogP contribution in [0.5, 0.6) is 0 Å². The van der Waals surface area contributed by atoms with Crippen molar-refractivity contribution in [2.24, 2.45) is 0 Å². The van der Waals surface area contributed by atoms with Crippen molar-refractivity contribution < 1.29 is 14.3 Å². The molecule has 0 spiro atoms. The highest BCUT2D eigenvalue weighted by atomic mass is 32.1. The predicted octanol–water partition coefficient (Wildman–Crippen LogP) is 1.91. The molecule has 1 fully saturated rings. The van der Waals surface area contributed by atoms with Crippen molar-refractivity contribution in [3.63, 3.8) is 0 Å². The second-order valence-corrected chi connectivity index (χ2v) is 4.79. The van der Waals surface area contributed by atoms with Crippen LogP contribution in [0.3, 0.4) is 0 Å². The van der Waals surface area contributed by atoms with Crippen LogP contribution in [-0.4, -0.2) is 36.8 Å². The molecule has 94 valence electrons. The number of thiazole rings is 1. The van der Waals surface area contributed by atoms with Crippen LogP contribution < -0.4 is 5.32 Å². The van der Waals surface area contributed by atoms with E-state index in [0.29, 0.717) is 24.4 Å². The van der Waals surface area contributed by atoms with Gasteiger partial charge < -0.3 is 14.8 Å². The first-order valence-electron chi connectivity index (χ1n) is 5.65. The van der Waals surface area contributed by atoms with Gasteiger partial charge in [0.05, 0.1) is 12.7 Å². The van der Waals surface area contributed by atoms with Gasteiger partial charge in [-0.1, -0.05) is 0 Å². The van der Waals surface area contributed by atoms with Crippen molar-refractivity contribution in [2.45, 2.75) is 31.9 Å². The number of esters is 1. The molecule has 1 aliphatic rings. The number of methoxy groups -OCH3 is 1. The molecule has 0 unspecified atom stereocenters. The molecule has 1 heterocycles. The summed E-state index contributed by atoms with van der Waals surface area (Å²) in [6, 6.07) is 0.404. The molecule has 0 radical (unpaired) electrons. The molecule has 0 bridgehead atoms. The number of rotatable bonds is 5. The van der Waals surface area contributed by atoms with Gasteiger partial charge in [0.25, 0.3) is 0 Å². The minimum absolute atomic E-state index is 0.358. The number of anilines is 1. The summed E-state index contributed by atoms with van der Waals surface area (Å²) in [5.74, 6) is -0.361. The van der Waals surface area contributed by atoms with Crippen LogP contribution in [0.1, 0.15) is 30.3 Å². The van der Waals surface area contributed by atoms with Gasteiger partial charge in [0.1, 0.15) is 0 Å². The molecule has 1 saturated carbocycles. The van der Waals surface area contributed by atoms with E-state index >= 15 is 0 Å². The van der Waals surface area contributed by atoms with Crippen molar-refractivity contribution in [1.82, 2.24) is 4.98 Å². The Labute approximate surface area is 104 Å². The molecule has 2 rings (SSSR count). The Morgan fingerprint density at radius 2 is 2.41 bits per heavy atom. The van der Waals surface area contributed by atoms with Gasteiger partial charge in [0.2, 0.25) is 0 Å². The van der Waals surface area contributed by atoms with Gasteiger partial charge >= 0.3 is 5.97 Å². The maximum Gasteiger partial charge on any atom is 0.357 e. The van der Waals surface area contributed by atoms with Gasteiger partial charge in [-0.2, -0.15) is 0 Å². The first-order chi connectivity index (χ1) is 8.22. The van der Waals surface area contributed by atoms with E-state index in [-0.39, 0.29) is 5.97 Å². The molecular weight excluding hydrogens is 240 g/mol. The third kappa shape index (κ3) is 2.95. The molecule has 0 atom stereocenters. The van der Waals surface area contributed by atoms with Crippen LogP contribution in [0.25, 0.3) is 0 Å². The van der Waals surface area contributed by atoms with Crippen molar-refractivity contribution in [3.05, 3.63) is 11.1 Å². The molecule has 1 aromatic heterocycles. The number of nitrogens with zero attached hydrogens (tertiary/aromatic N) is 1. The zero-order valence-electron chi connectivity index (χ0n) is 9.93. The van der Waals surface area contributed by atoms with Crippen molar-refractivity contribution in [3.8, 4) is 0 Å². The number of aromatic nitrogens is 1. The smallest absolute Gasteiger partial charge is 0.357 e. The average Bonchev–Trinajstić information content (AvgIpc) is 2.71. The molecule has 1 aliphatic carbocycles. The fourth-order valence-electron chi connectivity index (χ4n) is 1.69. The van der Waals surface area contributed by atoms with Crippen molar-refractivity contribution >= 4 is 22.4 Å². The Kier molecular flexibility index (Phi) is 3.96. The summed E-state index contributed by atoms with van der Waals surface area (Å²) < 4.78 is 10.1. The second-order valence-electron chi connectivity index (χ2n) is 3.93. The maximum atomic E-state index is 11.4. The number of hydrogen-bond acceptors (Lipinski definition) is 6. The lowest BCUT2D eigenvalue weighted by Gasteiger charge is -2.34. The van der Waals surface area contributed by atoms with E-state index in [1.54, 1.807) is 19.4 Å². The van der Waals surface area contributed by atoms with Gasteiger partial charge in [0.15, 0.2) is 10.8 Å². The van der Waals surface area contributed by atoms with E-state index in [9.17, 15) is 4.79 Å². The summed E-state index contributed by atoms with van der Waals surface area (Å²) in [6.45, 7) is 2.15. The molecule has 0 saturated heterocycles. The SMILES string of the molecule is CCOC(=O)c1csc(NC2CC(OC)C2)n1. The van der Waals surface area contributed by atoms with E-state index in [0.717, 1.165) is 18.0 Å². The van der Waals surface area contributed by atoms with Crippen LogP contribution in [0.2, 0.25) is 0 Å². The monoisotopic (exact) mass is 256 g/mol. The van der Waals surface area contributed by atoms with E-state index in [1.807, 2.05) is 0 Å². The first-order valence-corrected chi connectivity index (χ1v) is 6.53. The topological polar surface area (TPSA) is 60.5 Å². The van der Waals surface area contributed by atoms with Gasteiger partial charge in [0, 0.05) is 18.5 Å². The minimum atomic E-state index is -0.361. The van der Waals surface area contributed by atoms with Gasteiger partial charge in [-0.25, -0.2) is 9.78 Å². The Hall–Kier alpha value is -1.14. The van der Waals surface area contributed by atoms with E-state index in [1.165, 1.54) is 11.3 Å². The Balaban J connectivity index is 1.84. The van der Waals surface area contributed by atoms with E-state index in [4.69, 9.17) is 9.47 Å². The summed E-state index contributed by atoms with van der Waals surface area (Å²) in [5.41, 5.74) is 0.377. The summed E-state index contributed by atoms with van der Waals surface area (Å²) >= 11 is 1.43. The Morgan fingerprint density at radius 3 is 3.06 bits per heavy atom. The normalized spacial score (nSPS) is 22.9. The molecule has 5 nitrogen and oxygen atoms in total. The summed E-state index contributed by atoms with van der Waals surface area (Å²) in [4.78, 5) is 15.6. The summed E-state index contributed by atoms with van der Waals surface area (Å²) in [6.07, 6.45) is 2.34. The number of nitrogens with one attached hydrogen (secondary N) is 1. The number of ether oxygens (including phenoxy) is 2. The Morgan fingerprint density at radius 1 is 1.65 bits per heavy atom. The molecular formula is C11H16N2O3S. The van der Waals surface area contributed by atoms with Crippen LogP contribution in [0.4, 0.5) is 5.13 Å². The van der Waals surface area contributed by atoms with Crippen LogP contribution >= 0.6 is 11.3 Å². The Bertz CT molecular complexity index is 388. The predicted molar refractivity (Wildman–Crippen MR) is 65.5 cm³/mol. The molecule has 0 aromatic carbocycles. The molecule has 17 heavy (non-hydrogen) atoms. The highest BCUT2D eigenvalue weighted by molar-refractivity contribution is 7.13.